The van der Waals surface area contributed by atoms with Crippen LogP contribution in [0, 0.1) is 5.82 Å². The number of benzene rings is 2. The first-order chi connectivity index (χ1) is 18.1. The highest BCUT2D eigenvalue weighted by Crippen LogP contribution is 2.39. The maximum absolute atomic E-state index is 13.5. The zero-order chi connectivity index (χ0) is 25.8. The molecule has 37 heavy (non-hydrogen) atoms. The number of anilines is 1. The first-order valence-electron chi connectivity index (χ1n) is 12.2. The van der Waals surface area contributed by atoms with Gasteiger partial charge in [0.1, 0.15) is 11.6 Å². The molecule has 0 aliphatic carbocycles. The second kappa shape index (κ2) is 11.2. The normalized spacial score (nSPS) is 15.7. The zero-order valence-electron chi connectivity index (χ0n) is 21.3. The summed E-state index contributed by atoms with van der Waals surface area (Å²) in [5, 5.41) is 0. The zero-order valence-corrected chi connectivity index (χ0v) is 21.3. The van der Waals surface area contributed by atoms with Crippen molar-refractivity contribution < 1.29 is 28.1 Å². The molecule has 0 saturated carbocycles. The molecule has 9 nitrogen and oxygen atoms in total. The Morgan fingerprint density at radius 2 is 1.62 bits per heavy atom. The molecule has 0 bridgehead atoms. The van der Waals surface area contributed by atoms with Crippen molar-refractivity contribution in [1.29, 1.82) is 0 Å². The highest BCUT2D eigenvalue weighted by atomic mass is 19.1. The van der Waals surface area contributed by atoms with Crippen LogP contribution in [0.3, 0.4) is 0 Å². The average Bonchev–Trinajstić information content (AvgIpc) is 2.94. The molecular formula is C27H31FN4O5. The molecule has 0 amide bonds. The third-order valence-electron chi connectivity index (χ3n) is 6.54. The number of methoxy groups -OCH3 is 3. The third-order valence-corrected chi connectivity index (χ3v) is 6.54. The Labute approximate surface area is 215 Å². The Hall–Kier alpha value is -3.63. The summed E-state index contributed by atoms with van der Waals surface area (Å²) in [5.41, 5.74) is 2.93. The predicted molar refractivity (Wildman–Crippen MR) is 135 cm³/mol. The predicted octanol–water partition coefficient (Wildman–Crippen LogP) is 3.83. The summed E-state index contributed by atoms with van der Waals surface area (Å²) in [6, 6.07) is 9.89. The molecule has 196 valence electrons. The summed E-state index contributed by atoms with van der Waals surface area (Å²) in [7, 11) is 4.82. The number of morpholine rings is 1. The van der Waals surface area contributed by atoms with E-state index in [1.54, 1.807) is 33.5 Å². The van der Waals surface area contributed by atoms with E-state index >= 15 is 0 Å². The molecule has 2 aromatic carbocycles. The Bertz CT molecular complexity index is 1210. The maximum Gasteiger partial charge on any atom is 0.229 e. The van der Waals surface area contributed by atoms with E-state index in [1.807, 2.05) is 12.1 Å². The summed E-state index contributed by atoms with van der Waals surface area (Å²) in [4.78, 5) is 14.1. The van der Waals surface area contributed by atoms with Crippen LogP contribution in [0.4, 0.5) is 10.3 Å². The van der Waals surface area contributed by atoms with Gasteiger partial charge >= 0.3 is 0 Å². The van der Waals surface area contributed by atoms with Gasteiger partial charge in [0, 0.05) is 39.1 Å². The van der Waals surface area contributed by atoms with Crippen molar-refractivity contribution in [2.45, 2.75) is 19.5 Å². The largest absolute Gasteiger partial charge is 0.493 e. The monoisotopic (exact) mass is 510 g/mol. The molecule has 3 heterocycles. The lowest BCUT2D eigenvalue weighted by molar-refractivity contribution is 0.122. The van der Waals surface area contributed by atoms with Gasteiger partial charge < -0.3 is 28.6 Å². The minimum atomic E-state index is -0.317. The van der Waals surface area contributed by atoms with E-state index in [0.29, 0.717) is 61.1 Å². The van der Waals surface area contributed by atoms with E-state index in [4.69, 9.17) is 33.7 Å². The van der Waals surface area contributed by atoms with Crippen LogP contribution >= 0.6 is 0 Å². The lowest BCUT2D eigenvalue weighted by atomic mass is 10.1. The SMILES string of the molecule is COc1cc(CN2CCc3nc(N4CCOCC4)nc(Oc4ccc(F)cc4)c3C2)cc(OC)c1OC. The molecule has 0 unspecified atom stereocenters. The van der Waals surface area contributed by atoms with Gasteiger partial charge in [0.25, 0.3) is 0 Å². The molecule has 0 radical (unpaired) electrons. The van der Waals surface area contributed by atoms with Gasteiger partial charge in [-0.05, 0) is 42.0 Å². The topological polar surface area (TPSA) is 78.4 Å². The van der Waals surface area contributed by atoms with Gasteiger partial charge in [0.2, 0.25) is 17.6 Å². The Balaban J connectivity index is 1.44. The van der Waals surface area contributed by atoms with Crippen molar-refractivity contribution in [3.63, 3.8) is 0 Å². The molecule has 1 saturated heterocycles. The number of halogens is 1. The molecule has 2 aliphatic rings. The second-order valence-electron chi connectivity index (χ2n) is 8.90. The fraction of sp³-hybridized carbons (Fsp3) is 0.407. The number of rotatable bonds is 8. The lowest BCUT2D eigenvalue weighted by Gasteiger charge is -2.32. The van der Waals surface area contributed by atoms with Crippen molar-refractivity contribution in [1.82, 2.24) is 14.9 Å². The van der Waals surface area contributed by atoms with E-state index in [-0.39, 0.29) is 5.82 Å². The average molecular weight is 511 g/mol. The number of ether oxygens (including phenoxy) is 5. The molecule has 2 aliphatic heterocycles. The first kappa shape index (κ1) is 25.0. The van der Waals surface area contributed by atoms with Crippen LogP contribution in [0.25, 0.3) is 0 Å². The van der Waals surface area contributed by atoms with Gasteiger partial charge in [0.05, 0.1) is 45.8 Å². The number of hydrogen-bond acceptors (Lipinski definition) is 9. The number of nitrogens with zero attached hydrogens (tertiary/aromatic N) is 4. The van der Waals surface area contributed by atoms with Crippen molar-refractivity contribution in [3.8, 4) is 28.9 Å². The molecular weight excluding hydrogens is 479 g/mol. The summed E-state index contributed by atoms with van der Waals surface area (Å²) >= 11 is 0. The fourth-order valence-electron chi connectivity index (χ4n) is 4.65. The van der Waals surface area contributed by atoms with Crippen LogP contribution in [0.2, 0.25) is 0 Å². The molecule has 0 spiro atoms. The number of fused-ring (bicyclic) bond motifs is 1. The van der Waals surface area contributed by atoms with Gasteiger partial charge in [-0.2, -0.15) is 4.98 Å². The van der Waals surface area contributed by atoms with Gasteiger partial charge in [0.15, 0.2) is 11.5 Å². The number of aromatic nitrogens is 2. The highest BCUT2D eigenvalue weighted by molar-refractivity contribution is 5.54. The summed E-state index contributed by atoms with van der Waals surface area (Å²) in [6.07, 6.45) is 0.749. The van der Waals surface area contributed by atoms with Gasteiger partial charge in [-0.25, -0.2) is 9.37 Å². The van der Waals surface area contributed by atoms with Crippen LogP contribution in [0.1, 0.15) is 16.8 Å². The van der Waals surface area contributed by atoms with E-state index in [0.717, 1.165) is 42.9 Å². The third kappa shape index (κ3) is 5.55. The highest BCUT2D eigenvalue weighted by Gasteiger charge is 2.27. The molecule has 5 rings (SSSR count). The van der Waals surface area contributed by atoms with Crippen molar-refractivity contribution in [2.24, 2.45) is 0 Å². The van der Waals surface area contributed by atoms with Crippen molar-refractivity contribution in [2.75, 3.05) is 59.1 Å². The second-order valence-corrected chi connectivity index (χ2v) is 8.90. The Morgan fingerprint density at radius 3 is 2.27 bits per heavy atom. The van der Waals surface area contributed by atoms with Crippen molar-refractivity contribution in [3.05, 3.63) is 59.0 Å². The molecule has 1 fully saturated rings. The van der Waals surface area contributed by atoms with Crippen LogP contribution in [0.15, 0.2) is 36.4 Å². The molecule has 1 aromatic heterocycles. The summed E-state index contributed by atoms with van der Waals surface area (Å²) in [6.45, 7) is 4.81. The Morgan fingerprint density at radius 1 is 0.919 bits per heavy atom. The van der Waals surface area contributed by atoms with Crippen molar-refractivity contribution >= 4 is 5.95 Å². The van der Waals surface area contributed by atoms with Gasteiger partial charge in [-0.1, -0.05) is 0 Å². The lowest BCUT2D eigenvalue weighted by Crippen LogP contribution is -2.38. The van der Waals surface area contributed by atoms with Crippen LogP contribution < -0.4 is 23.8 Å². The first-order valence-corrected chi connectivity index (χ1v) is 12.2. The van der Waals surface area contributed by atoms with Crippen LogP contribution in [0.5, 0.6) is 28.9 Å². The smallest absolute Gasteiger partial charge is 0.229 e. The van der Waals surface area contributed by atoms with E-state index in [1.165, 1.54) is 12.1 Å². The quantitative estimate of drug-likeness (QED) is 0.449. The van der Waals surface area contributed by atoms with Crippen LogP contribution in [-0.4, -0.2) is 69.0 Å². The van der Waals surface area contributed by atoms with Gasteiger partial charge in [-0.3, -0.25) is 4.90 Å². The molecule has 0 atom stereocenters. The number of hydrogen-bond donors (Lipinski definition) is 0. The molecule has 10 heteroatoms. The molecule has 0 N–H and O–H groups in total. The Kier molecular flexibility index (Phi) is 7.57. The summed E-state index contributed by atoms with van der Waals surface area (Å²) in [5.74, 6) is 3.14. The van der Waals surface area contributed by atoms with E-state index in [2.05, 4.69) is 9.80 Å². The van der Waals surface area contributed by atoms with Gasteiger partial charge in [-0.15, -0.1) is 0 Å². The van der Waals surface area contributed by atoms with E-state index < -0.39 is 0 Å². The standard InChI is InChI=1S/C27H31FN4O5/c1-33-23-14-18(15-24(34-2)25(23)35-3)16-31-9-8-22-21(17-31)26(37-20-6-4-19(28)5-7-20)30-27(29-22)32-10-12-36-13-11-32/h4-7,14-15H,8-13,16-17H2,1-3H3. The van der Waals surface area contributed by atoms with E-state index in [9.17, 15) is 4.39 Å². The maximum atomic E-state index is 13.5. The minimum Gasteiger partial charge on any atom is -0.493 e. The minimum absolute atomic E-state index is 0.317. The molecule has 3 aromatic rings. The summed E-state index contributed by atoms with van der Waals surface area (Å²) < 4.78 is 41.7. The van der Waals surface area contributed by atoms with Crippen LogP contribution in [-0.2, 0) is 24.2 Å². The fourth-order valence-corrected chi connectivity index (χ4v) is 4.65.